The van der Waals surface area contributed by atoms with Gasteiger partial charge in [-0.1, -0.05) is 29.8 Å². The summed E-state index contributed by atoms with van der Waals surface area (Å²) in [5, 5.41) is 5.73. The first kappa shape index (κ1) is 17.2. The molecule has 134 valence electrons. The predicted octanol–water partition coefficient (Wildman–Crippen LogP) is 4.38. The molecule has 2 amide bonds. The van der Waals surface area contributed by atoms with Gasteiger partial charge in [0.25, 0.3) is 11.8 Å². The number of rotatable bonds is 3. The van der Waals surface area contributed by atoms with Gasteiger partial charge in [-0.2, -0.15) is 10.1 Å². The van der Waals surface area contributed by atoms with Crippen LogP contribution in [0.25, 0.3) is 5.69 Å². The Bertz CT molecular complexity index is 1080. The molecule has 0 saturated carbocycles. The summed E-state index contributed by atoms with van der Waals surface area (Å²) in [4.78, 5) is 24.8. The Morgan fingerprint density at radius 1 is 0.926 bits per heavy atom. The Balaban J connectivity index is 1.68. The van der Waals surface area contributed by atoms with Gasteiger partial charge in [-0.3, -0.25) is 9.59 Å². The topological polar surface area (TPSA) is 54.7 Å². The molecule has 0 bridgehead atoms. The van der Waals surface area contributed by atoms with Gasteiger partial charge in [0.05, 0.1) is 17.3 Å². The second-order valence-corrected chi connectivity index (χ2v) is 6.79. The zero-order valence-electron chi connectivity index (χ0n) is 14.8. The molecule has 2 aromatic carbocycles. The number of hydrogen-bond acceptors (Lipinski definition) is 3. The number of benzene rings is 2. The second-order valence-electron chi connectivity index (χ2n) is 6.35. The largest absolute Gasteiger partial charge is 0.318 e. The second kappa shape index (κ2) is 6.52. The number of hydrazone groups is 1. The van der Waals surface area contributed by atoms with Crippen LogP contribution in [0.2, 0.25) is 5.02 Å². The number of halogens is 1. The van der Waals surface area contributed by atoms with Crippen molar-refractivity contribution < 1.29 is 9.59 Å². The van der Waals surface area contributed by atoms with Gasteiger partial charge < -0.3 is 4.57 Å². The van der Waals surface area contributed by atoms with Gasteiger partial charge in [0.1, 0.15) is 0 Å². The summed E-state index contributed by atoms with van der Waals surface area (Å²) in [6.07, 6.45) is 1.55. The van der Waals surface area contributed by atoms with E-state index in [9.17, 15) is 9.59 Å². The molecular weight excluding hydrogens is 362 g/mol. The quantitative estimate of drug-likeness (QED) is 0.502. The van der Waals surface area contributed by atoms with E-state index in [-0.39, 0.29) is 0 Å². The van der Waals surface area contributed by atoms with Gasteiger partial charge in [-0.15, -0.1) is 0 Å². The summed E-state index contributed by atoms with van der Waals surface area (Å²) in [7, 11) is 0. The van der Waals surface area contributed by atoms with Crippen LogP contribution in [0.4, 0.5) is 0 Å². The van der Waals surface area contributed by atoms with Crippen LogP contribution in [0.5, 0.6) is 0 Å². The van der Waals surface area contributed by atoms with E-state index in [0.29, 0.717) is 16.1 Å². The van der Waals surface area contributed by atoms with Gasteiger partial charge >= 0.3 is 0 Å². The summed E-state index contributed by atoms with van der Waals surface area (Å²) in [6.45, 7) is 3.94. The third-order valence-corrected chi connectivity index (χ3v) is 4.86. The molecule has 1 aromatic heterocycles. The lowest BCUT2D eigenvalue weighted by Crippen LogP contribution is -2.24. The highest BCUT2D eigenvalue weighted by Crippen LogP contribution is 2.24. The van der Waals surface area contributed by atoms with Crippen LogP contribution in [0.3, 0.4) is 0 Å². The Hall–Kier alpha value is -3.18. The number of carbonyl (C=O) groups is 2. The minimum Gasteiger partial charge on any atom is -0.318 e. The summed E-state index contributed by atoms with van der Waals surface area (Å²) in [5.41, 5.74) is 4.46. The lowest BCUT2D eigenvalue weighted by atomic mass is 10.1. The molecule has 5 nitrogen and oxygen atoms in total. The van der Waals surface area contributed by atoms with E-state index < -0.39 is 11.8 Å². The van der Waals surface area contributed by atoms with Crippen molar-refractivity contribution in [3.63, 3.8) is 0 Å². The molecule has 0 N–H and O–H groups in total. The highest BCUT2D eigenvalue weighted by molar-refractivity contribution is 6.30. The van der Waals surface area contributed by atoms with Crippen LogP contribution in [0.1, 0.15) is 37.7 Å². The first-order chi connectivity index (χ1) is 13.0. The molecule has 1 aliphatic rings. The Morgan fingerprint density at radius 3 is 2.22 bits per heavy atom. The van der Waals surface area contributed by atoms with Crippen LogP contribution < -0.4 is 0 Å². The van der Waals surface area contributed by atoms with Crippen molar-refractivity contribution in [2.24, 2.45) is 5.10 Å². The minimum absolute atomic E-state index is 0.379. The normalized spacial score (nSPS) is 13.7. The number of nitrogens with zero attached hydrogens (tertiary/aromatic N) is 3. The number of carbonyl (C=O) groups excluding carboxylic acids is 2. The Labute approximate surface area is 161 Å². The summed E-state index contributed by atoms with van der Waals surface area (Å²) >= 11 is 6.11. The van der Waals surface area contributed by atoms with E-state index in [1.165, 1.54) is 0 Å². The first-order valence-corrected chi connectivity index (χ1v) is 8.82. The third kappa shape index (κ3) is 2.86. The van der Waals surface area contributed by atoms with Crippen molar-refractivity contribution >= 4 is 29.6 Å². The molecule has 4 rings (SSSR count). The number of amides is 2. The smallest absolute Gasteiger partial charge is 0.282 e. The maximum absolute atomic E-state index is 12.4. The first-order valence-electron chi connectivity index (χ1n) is 8.44. The van der Waals surface area contributed by atoms with Crippen molar-refractivity contribution in [2.45, 2.75) is 13.8 Å². The zero-order chi connectivity index (χ0) is 19.1. The van der Waals surface area contributed by atoms with Crippen molar-refractivity contribution in [3.8, 4) is 5.69 Å². The number of aryl methyl sites for hydroxylation is 1. The van der Waals surface area contributed by atoms with Gasteiger partial charge in [0.2, 0.25) is 0 Å². The highest BCUT2D eigenvalue weighted by atomic mass is 35.5. The average Bonchev–Trinajstić information content (AvgIpc) is 3.07. The van der Waals surface area contributed by atoms with Crippen LogP contribution in [0.15, 0.2) is 59.7 Å². The molecule has 3 aromatic rings. The van der Waals surface area contributed by atoms with E-state index in [1.54, 1.807) is 30.5 Å². The lowest BCUT2D eigenvalue weighted by Gasteiger charge is -2.10. The Morgan fingerprint density at radius 2 is 1.59 bits per heavy atom. The van der Waals surface area contributed by atoms with Crippen molar-refractivity contribution in [3.05, 3.63) is 87.7 Å². The fourth-order valence-corrected chi connectivity index (χ4v) is 3.52. The maximum Gasteiger partial charge on any atom is 0.282 e. The van der Waals surface area contributed by atoms with Crippen LogP contribution in [-0.4, -0.2) is 27.6 Å². The monoisotopic (exact) mass is 377 g/mol. The zero-order valence-corrected chi connectivity index (χ0v) is 15.6. The maximum atomic E-state index is 12.4. The van der Waals surface area contributed by atoms with Gasteiger partial charge in [0, 0.05) is 27.7 Å². The van der Waals surface area contributed by atoms with Crippen LogP contribution in [-0.2, 0) is 0 Å². The van der Waals surface area contributed by atoms with E-state index in [1.807, 2.05) is 44.2 Å². The molecule has 0 radical (unpaired) electrons. The molecule has 0 fully saturated rings. The van der Waals surface area contributed by atoms with E-state index in [2.05, 4.69) is 9.67 Å². The van der Waals surface area contributed by atoms with Gasteiger partial charge in [0.15, 0.2) is 0 Å². The van der Waals surface area contributed by atoms with Gasteiger partial charge in [-0.25, -0.2) is 0 Å². The average molecular weight is 378 g/mol. The molecule has 0 atom stereocenters. The lowest BCUT2D eigenvalue weighted by molar-refractivity contribution is 0.0660. The van der Waals surface area contributed by atoms with E-state index >= 15 is 0 Å². The molecule has 1 aliphatic heterocycles. The van der Waals surface area contributed by atoms with Crippen LogP contribution in [0, 0.1) is 13.8 Å². The third-order valence-electron chi connectivity index (χ3n) is 4.62. The van der Waals surface area contributed by atoms with E-state index in [0.717, 1.165) is 27.6 Å². The number of hydrogen-bond donors (Lipinski definition) is 0. The van der Waals surface area contributed by atoms with Gasteiger partial charge in [-0.05, 0) is 50.2 Å². The van der Waals surface area contributed by atoms with Crippen molar-refractivity contribution in [1.82, 2.24) is 9.58 Å². The molecular formula is C21H16ClN3O2. The van der Waals surface area contributed by atoms with Crippen LogP contribution >= 0.6 is 11.6 Å². The van der Waals surface area contributed by atoms with E-state index in [4.69, 9.17) is 11.6 Å². The molecule has 0 spiro atoms. The molecule has 6 heteroatoms. The molecule has 0 unspecified atom stereocenters. The fourth-order valence-electron chi connectivity index (χ4n) is 3.33. The van der Waals surface area contributed by atoms with Crippen molar-refractivity contribution in [1.29, 1.82) is 0 Å². The number of aromatic nitrogens is 1. The molecule has 2 heterocycles. The minimum atomic E-state index is -0.407. The van der Waals surface area contributed by atoms with Crippen molar-refractivity contribution in [2.75, 3.05) is 0 Å². The predicted molar refractivity (Wildman–Crippen MR) is 105 cm³/mol. The SMILES string of the molecule is Cc1cc(/C=N\N2C(=O)c3ccccc3C2=O)c(C)n1-c1cccc(Cl)c1. The number of fused-ring (bicyclic) bond motifs is 1. The summed E-state index contributed by atoms with van der Waals surface area (Å²) in [6, 6.07) is 16.3. The molecule has 0 aliphatic carbocycles. The standard InChI is InChI=1S/C21H16ClN3O2/c1-13-10-15(14(2)24(13)17-7-5-6-16(22)11-17)12-23-25-20(26)18-8-3-4-9-19(18)21(25)27/h3-12H,1-2H3/b23-12-. The molecule has 27 heavy (non-hydrogen) atoms. The summed E-state index contributed by atoms with van der Waals surface area (Å²) in [5.74, 6) is -0.814. The molecule has 0 saturated heterocycles. The fraction of sp³-hybridized carbons (Fsp3) is 0.0952. The summed E-state index contributed by atoms with van der Waals surface area (Å²) < 4.78 is 2.05. The number of imide groups is 1. The highest BCUT2D eigenvalue weighted by Gasteiger charge is 2.35. The Kier molecular flexibility index (Phi) is 4.16.